The number of rotatable bonds is 4. The van der Waals surface area contributed by atoms with Crippen LogP contribution in [0.1, 0.15) is 49.9 Å². The van der Waals surface area contributed by atoms with Crippen molar-refractivity contribution in [2.24, 2.45) is 0 Å². The fourth-order valence-electron chi connectivity index (χ4n) is 3.43. The highest BCUT2D eigenvalue weighted by Crippen LogP contribution is 2.43. The SMILES string of the molecule is CON1C(=O)C(c2c(C)cc(C)cc2C)=C(OC(=S)SC(C)C)C1(C)C. The minimum Gasteiger partial charge on any atom is -0.441 e. The zero-order chi connectivity index (χ0) is 19.8. The van der Waals surface area contributed by atoms with Gasteiger partial charge in [0.25, 0.3) is 5.91 Å². The van der Waals surface area contributed by atoms with E-state index in [0.717, 1.165) is 22.3 Å². The van der Waals surface area contributed by atoms with Crippen LogP contribution in [0.4, 0.5) is 0 Å². The normalized spacial score (nSPS) is 16.7. The van der Waals surface area contributed by atoms with E-state index in [-0.39, 0.29) is 5.91 Å². The number of hydrogen-bond acceptors (Lipinski definition) is 5. The van der Waals surface area contributed by atoms with Crippen LogP contribution in [0.2, 0.25) is 0 Å². The molecule has 0 atom stereocenters. The molecule has 142 valence electrons. The lowest BCUT2D eigenvalue weighted by molar-refractivity contribution is -0.189. The van der Waals surface area contributed by atoms with Crippen molar-refractivity contribution in [3.63, 3.8) is 0 Å². The van der Waals surface area contributed by atoms with E-state index in [1.807, 2.05) is 34.6 Å². The lowest BCUT2D eigenvalue weighted by Gasteiger charge is -2.31. The molecule has 1 amide bonds. The predicted octanol–water partition coefficient (Wildman–Crippen LogP) is 4.95. The van der Waals surface area contributed by atoms with E-state index in [2.05, 4.69) is 26.0 Å². The van der Waals surface area contributed by atoms with Gasteiger partial charge in [-0.3, -0.25) is 9.63 Å². The van der Waals surface area contributed by atoms with Gasteiger partial charge in [0.05, 0.1) is 12.7 Å². The van der Waals surface area contributed by atoms with Crippen molar-refractivity contribution >= 4 is 39.8 Å². The molecule has 1 aromatic rings. The first-order valence-electron chi connectivity index (χ1n) is 8.60. The monoisotopic (exact) mass is 393 g/mol. The largest absolute Gasteiger partial charge is 0.441 e. The van der Waals surface area contributed by atoms with E-state index < -0.39 is 5.54 Å². The van der Waals surface area contributed by atoms with Gasteiger partial charge in [-0.2, -0.15) is 0 Å². The van der Waals surface area contributed by atoms with Crippen LogP contribution < -0.4 is 0 Å². The minimum atomic E-state index is -0.757. The molecular weight excluding hydrogens is 366 g/mol. The van der Waals surface area contributed by atoms with Gasteiger partial charge in [-0.05, 0) is 63.5 Å². The molecule has 0 spiro atoms. The Hall–Kier alpha value is -1.37. The summed E-state index contributed by atoms with van der Waals surface area (Å²) in [5.41, 5.74) is 3.88. The average molecular weight is 394 g/mol. The number of hydroxylamine groups is 2. The fourth-order valence-corrected chi connectivity index (χ4v) is 4.61. The zero-order valence-corrected chi connectivity index (χ0v) is 18.4. The van der Waals surface area contributed by atoms with Crippen molar-refractivity contribution in [1.29, 1.82) is 0 Å². The van der Waals surface area contributed by atoms with E-state index in [0.29, 0.717) is 21.0 Å². The van der Waals surface area contributed by atoms with E-state index in [4.69, 9.17) is 21.8 Å². The molecule has 1 aromatic carbocycles. The third-order valence-electron chi connectivity index (χ3n) is 4.32. The second-order valence-electron chi connectivity index (χ2n) is 7.34. The van der Waals surface area contributed by atoms with Crippen molar-refractivity contribution in [1.82, 2.24) is 5.06 Å². The van der Waals surface area contributed by atoms with Gasteiger partial charge in [-0.15, -0.1) is 0 Å². The molecule has 0 radical (unpaired) electrons. The second-order valence-corrected chi connectivity index (χ2v) is 9.52. The maximum Gasteiger partial charge on any atom is 0.282 e. The summed E-state index contributed by atoms with van der Waals surface area (Å²) < 4.78 is 6.49. The molecule has 0 saturated carbocycles. The van der Waals surface area contributed by atoms with Crippen LogP contribution in [-0.2, 0) is 14.4 Å². The van der Waals surface area contributed by atoms with Crippen LogP contribution in [0.25, 0.3) is 5.57 Å². The number of nitrogens with zero attached hydrogens (tertiary/aromatic N) is 1. The summed E-state index contributed by atoms with van der Waals surface area (Å²) >= 11 is 6.87. The quantitative estimate of drug-likeness (QED) is 0.677. The summed E-state index contributed by atoms with van der Waals surface area (Å²) in [7, 11) is 1.50. The third-order valence-corrected chi connectivity index (χ3v) is 5.43. The Kier molecular flexibility index (Phi) is 6.20. The number of thiocarbonyl (C=S) groups is 1. The Morgan fingerprint density at radius 3 is 2.19 bits per heavy atom. The summed E-state index contributed by atoms with van der Waals surface area (Å²) in [6.45, 7) is 14.0. The topological polar surface area (TPSA) is 38.8 Å². The van der Waals surface area contributed by atoms with Gasteiger partial charge in [-0.25, -0.2) is 5.06 Å². The van der Waals surface area contributed by atoms with E-state index in [1.165, 1.54) is 23.9 Å². The van der Waals surface area contributed by atoms with Crippen molar-refractivity contribution in [3.8, 4) is 0 Å². The van der Waals surface area contributed by atoms with Gasteiger partial charge in [0, 0.05) is 5.25 Å². The molecule has 0 saturated heterocycles. The van der Waals surface area contributed by atoms with Crippen molar-refractivity contribution < 1.29 is 14.4 Å². The van der Waals surface area contributed by atoms with Crippen molar-refractivity contribution in [2.75, 3.05) is 7.11 Å². The first kappa shape index (κ1) is 20.9. The van der Waals surface area contributed by atoms with Crippen LogP contribution in [0.3, 0.4) is 0 Å². The molecule has 1 aliphatic heterocycles. The molecule has 1 aliphatic rings. The molecule has 0 bridgehead atoms. The summed E-state index contributed by atoms with van der Waals surface area (Å²) in [4.78, 5) is 18.6. The molecule has 2 rings (SSSR count). The lowest BCUT2D eigenvalue weighted by Crippen LogP contribution is -2.43. The number of hydrogen-bond donors (Lipinski definition) is 0. The highest BCUT2D eigenvalue weighted by Gasteiger charge is 2.49. The molecule has 0 unspecified atom stereocenters. The van der Waals surface area contributed by atoms with Crippen LogP contribution in [0.5, 0.6) is 0 Å². The summed E-state index contributed by atoms with van der Waals surface area (Å²) in [5, 5.41) is 1.66. The number of ether oxygens (including phenoxy) is 1. The molecular formula is C20H27NO3S2. The van der Waals surface area contributed by atoms with Crippen molar-refractivity contribution in [2.45, 2.75) is 59.3 Å². The number of carbonyl (C=O) groups is 1. The zero-order valence-electron chi connectivity index (χ0n) is 16.7. The molecule has 0 aromatic heterocycles. The highest BCUT2D eigenvalue weighted by atomic mass is 32.2. The van der Waals surface area contributed by atoms with E-state index >= 15 is 0 Å². The number of aryl methyl sites for hydroxylation is 3. The number of thioether (sulfide) groups is 1. The molecule has 4 nitrogen and oxygen atoms in total. The van der Waals surface area contributed by atoms with Gasteiger partial charge in [-0.1, -0.05) is 43.3 Å². The molecule has 26 heavy (non-hydrogen) atoms. The highest BCUT2D eigenvalue weighted by molar-refractivity contribution is 8.23. The Morgan fingerprint density at radius 2 is 1.73 bits per heavy atom. The molecule has 0 N–H and O–H groups in total. The first-order chi connectivity index (χ1) is 12.0. The van der Waals surface area contributed by atoms with Crippen LogP contribution >= 0.6 is 24.0 Å². The average Bonchev–Trinajstić information content (AvgIpc) is 2.65. The fraction of sp³-hybridized carbons (Fsp3) is 0.500. The number of amides is 1. The predicted molar refractivity (Wildman–Crippen MR) is 112 cm³/mol. The van der Waals surface area contributed by atoms with Crippen LogP contribution in [0, 0.1) is 20.8 Å². The van der Waals surface area contributed by atoms with Gasteiger partial charge in [0.15, 0.2) is 0 Å². The molecule has 6 heteroatoms. The summed E-state index contributed by atoms with van der Waals surface area (Å²) in [6.07, 6.45) is 0. The summed E-state index contributed by atoms with van der Waals surface area (Å²) in [6, 6.07) is 4.15. The van der Waals surface area contributed by atoms with E-state index in [9.17, 15) is 4.79 Å². The van der Waals surface area contributed by atoms with Gasteiger partial charge >= 0.3 is 0 Å². The Labute approximate surface area is 165 Å². The maximum absolute atomic E-state index is 13.2. The van der Waals surface area contributed by atoms with Gasteiger partial charge in [0.2, 0.25) is 4.38 Å². The maximum atomic E-state index is 13.2. The Bertz CT molecular complexity index is 758. The van der Waals surface area contributed by atoms with Gasteiger partial charge < -0.3 is 4.74 Å². The standard InChI is InChI=1S/C20H27NO3S2/c1-11(2)26-19(25)24-17-16(18(22)21(23-8)20(17,6)7)15-13(4)9-12(3)10-14(15)5/h9-11H,1-8H3. The second kappa shape index (κ2) is 7.71. The summed E-state index contributed by atoms with van der Waals surface area (Å²) in [5.74, 6) is 0.331. The lowest BCUT2D eigenvalue weighted by atomic mass is 9.91. The van der Waals surface area contributed by atoms with E-state index in [1.54, 1.807) is 0 Å². The smallest absolute Gasteiger partial charge is 0.282 e. The Balaban J connectivity index is 2.67. The van der Waals surface area contributed by atoms with Gasteiger partial charge in [0.1, 0.15) is 11.3 Å². The Morgan fingerprint density at radius 1 is 1.19 bits per heavy atom. The van der Waals surface area contributed by atoms with Crippen LogP contribution in [-0.4, -0.2) is 33.3 Å². The molecule has 0 aliphatic carbocycles. The number of carbonyl (C=O) groups excluding carboxylic acids is 1. The first-order valence-corrected chi connectivity index (χ1v) is 9.89. The molecule has 0 fully saturated rings. The third kappa shape index (κ3) is 3.82. The van der Waals surface area contributed by atoms with Crippen LogP contribution in [0.15, 0.2) is 17.9 Å². The minimum absolute atomic E-state index is 0.208. The number of benzene rings is 1. The van der Waals surface area contributed by atoms with Crippen molar-refractivity contribution in [3.05, 3.63) is 40.1 Å². The molecule has 1 heterocycles.